The Morgan fingerprint density at radius 2 is 1.87 bits per heavy atom. The van der Waals surface area contributed by atoms with Crippen LogP contribution in [-0.4, -0.2) is 69.2 Å². The van der Waals surface area contributed by atoms with E-state index in [0.717, 1.165) is 26.3 Å². The fourth-order valence-electron chi connectivity index (χ4n) is 3.38. The number of hydrogen-bond acceptors (Lipinski definition) is 6. The van der Waals surface area contributed by atoms with Crippen LogP contribution in [0, 0.1) is 0 Å². The van der Waals surface area contributed by atoms with Crippen LogP contribution in [0.5, 0.6) is 17.2 Å². The van der Waals surface area contributed by atoms with E-state index in [0.29, 0.717) is 36.1 Å². The molecule has 2 aliphatic heterocycles. The Kier molecular flexibility index (Phi) is 9.82. The van der Waals surface area contributed by atoms with Crippen molar-refractivity contribution in [3.63, 3.8) is 0 Å². The van der Waals surface area contributed by atoms with E-state index < -0.39 is 6.61 Å². The van der Waals surface area contributed by atoms with Crippen molar-refractivity contribution in [3.8, 4) is 17.2 Å². The van der Waals surface area contributed by atoms with Crippen molar-refractivity contribution >= 4 is 29.9 Å². The number of nitrogens with zero attached hydrogens (tertiary/aromatic N) is 2. The molecule has 1 fully saturated rings. The lowest BCUT2D eigenvalue weighted by Crippen LogP contribution is -2.56. The Morgan fingerprint density at radius 3 is 2.52 bits per heavy atom. The Morgan fingerprint density at radius 1 is 1.19 bits per heavy atom. The second-order valence-corrected chi connectivity index (χ2v) is 7.65. The fraction of sp³-hybridized carbons (Fsp3) is 0.650. The van der Waals surface area contributed by atoms with Gasteiger partial charge < -0.3 is 29.6 Å². The summed E-state index contributed by atoms with van der Waals surface area (Å²) in [6.07, 6.45) is 0. The van der Waals surface area contributed by atoms with Gasteiger partial charge in [-0.15, -0.1) is 24.0 Å². The van der Waals surface area contributed by atoms with Gasteiger partial charge in [-0.05, 0) is 26.8 Å². The molecule has 11 heteroatoms. The standard InChI is InChI=1S/C20H30F2N4O4.HI/c1-4-23-19(25-12-20(2,3)26-5-7-27-8-6-26)24-11-14-9-16-17(29-13-28-16)10-15(14)30-18(21)22;/h9-10,18H,4-8,11-13H2,1-3H3,(H2,23,24,25);1H. The Hall–Kier alpha value is -1.60. The van der Waals surface area contributed by atoms with Gasteiger partial charge in [-0.1, -0.05) is 0 Å². The van der Waals surface area contributed by atoms with Gasteiger partial charge in [-0.25, -0.2) is 4.99 Å². The van der Waals surface area contributed by atoms with Gasteiger partial charge in [-0.3, -0.25) is 4.90 Å². The third kappa shape index (κ3) is 7.21. The summed E-state index contributed by atoms with van der Waals surface area (Å²) in [5.41, 5.74) is 0.395. The van der Waals surface area contributed by atoms with E-state index in [1.54, 1.807) is 6.07 Å². The molecule has 1 saturated heterocycles. The average Bonchev–Trinajstić information content (AvgIpc) is 3.17. The highest BCUT2D eigenvalue weighted by Crippen LogP contribution is 2.39. The third-order valence-electron chi connectivity index (χ3n) is 5.08. The number of alkyl halides is 2. The average molecular weight is 556 g/mol. The van der Waals surface area contributed by atoms with Crippen molar-refractivity contribution in [1.82, 2.24) is 15.5 Å². The summed E-state index contributed by atoms with van der Waals surface area (Å²) in [7, 11) is 0. The molecule has 1 aromatic carbocycles. The number of rotatable bonds is 8. The van der Waals surface area contributed by atoms with E-state index in [1.165, 1.54) is 6.07 Å². The first-order valence-corrected chi connectivity index (χ1v) is 10.1. The van der Waals surface area contributed by atoms with Crippen LogP contribution >= 0.6 is 24.0 Å². The maximum atomic E-state index is 12.8. The van der Waals surface area contributed by atoms with E-state index >= 15 is 0 Å². The Balaban J connectivity index is 0.00000341. The number of ether oxygens (including phenoxy) is 4. The smallest absolute Gasteiger partial charge is 0.387 e. The van der Waals surface area contributed by atoms with Gasteiger partial charge in [0.25, 0.3) is 0 Å². The molecule has 2 heterocycles. The van der Waals surface area contributed by atoms with Crippen LogP contribution in [0.4, 0.5) is 8.78 Å². The highest BCUT2D eigenvalue weighted by molar-refractivity contribution is 14.0. The molecule has 176 valence electrons. The van der Waals surface area contributed by atoms with Crippen molar-refractivity contribution in [1.29, 1.82) is 0 Å². The predicted octanol–water partition coefficient (Wildman–Crippen LogP) is 2.80. The minimum Gasteiger partial charge on any atom is -0.454 e. The van der Waals surface area contributed by atoms with Crippen molar-refractivity contribution in [2.75, 3.05) is 46.2 Å². The molecule has 1 aromatic rings. The van der Waals surface area contributed by atoms with Crippen LogP contribution in [0.3, 0.4) is 0 Å². The van der Waals surface area contributed by atoms with Crippen molar-refractivity contribution in [2.45, 2.75) is 39.5 Å². The number of benzene rings is 1. The molecule has 0 unspecified atom stereocenters. The maximum Gasteiger partial charge on any atom is 0.387 e. The predicted molar refractivity (Wildman–Crippen MR) is 124 cm³/mol. The molecule has 0 bridgehead atoms. The molecule has 0 aliphatic carbocycles. The molecule has 0 radical (unpaired) electrons. The molecule has 8 nitrogen and oxygen atoms in total. The molecule has 0 aromatic heterocycles. The fourth-order valence-corrected chi connectivity index (χ4v) is 3.38. The number of hydrogen-bond donors (Lipinski definition) is 2. The Labute approximate surface area is 198 Å². The summed E-state index contributed by atoms with van der Waals surface area (Å²) in [6, 6.07) is 3.05. The van der Waals surface area contributed by atoms with Gasteiger partial charge >= 0.3 is 6.61 Å². The van der Waals surface area contributed by atoms with Crippen LogP contribution in [0.1, 0.15) is 26.3 Å². The van der Waals surface area contributed by atoms with E-state index in [4.69, 9.17) is 14.2 Å². The molecule has 3 rings (SSSR count). The van der Waals surface area contributed by atoms with Crippen molar-refractivity contribution in [3.05, 3.63) is 17.7 Å². The third-order valence-corrected chi connectivity index (χ3v) is 5.08. The highest BCUT2D eigenvalue weighted by Gasteiger charge is 2.28. The lowest BCUT2D eigenvalue weighted by molar-refractivity contribution is -0.0505. The number of aliphatic imine (C=N–C) groups is 1. The Bertz CT molecular complexity index is 746. The summed E-state index contributed by atoms with van der Waals surface area (Å²) in [5.74, 6) is 1.51. The number of morpholine rings is 1. The normalized spacial score (nSPS) is 16.8. The molecule has 0 amide bonds. The molecule has 0 atom stereocenters. The van der Waals surface area contributed by atoms with E-state index in [2.05, 4.69) is 39.1 Å². The van der Waals surface area contributed by atoms with Gasteiger partial charge in [0.2, 0.25) is 6.79 Å². The van der Waals surface area contributed by atoms with Gasteiger partial charge in [0.05, 0.1) is 19.8 Å². The number of guanidine groups is 1. The summed E-state index contributed by atoms with van der Waals surface area (Å²) in [5, 5.41) is 6.54. The van der Waals surface area contributed by atoms with E-state index in [1.807, 2.05) is 6.92 Å². The second-order valence-electron chi connectivity index (χ2n) is 7.65. The first-order valence-electron chi connectivity index (χ1n) is 10.1. The number of nitrogens with one attached hydrogen (secondary N) is 2. The quantitative estimate of drug-likeness (QED) is 0.290. The summed E-state index contributed by atoms with van der Waals surface area (Å²) in [6.45, 7) is 8.13. The van der Waals surface area contributed by atoms with Crippen molar-refractivity contribution in [2.24, 2.45) is 4.99 Å². The lowest BCUT2D eigenvalue weighted by Gasteiger charge is -2.41. The van der Waals surface area contributed by atoms with E-state index in [-0.39, 0.29) is 48.6 Å². The summed E-state index contributed by atoms with van der Waals surface area (Å²) in [4.78, 5) is 6.93. The molecule has 2 aliphatic rings. The molecular weight excluding hydrogens is 525 g/mol. The minimum absolute atomic E-state index is 0. The van der Waals surface area contributed by atoms with Crippen LogP contribution in [0.15, 0.2) is 17.1 Å². The zero-order valence-corrected chi connectivity index (χ0v) is 20.4. The van der Waals surface area contributed by atoms with Gasteiger partial charge in [0.1, 0.15) is 5.75 Å². The second kappa shape index (κ2) is 11.9. The summed E-state index contributed by atoms with van der Waals surface area (Å²) >= 11 is 0. The highest BCUT2D eigenvalue weighted by atomic mass is 127. The lowest BCUT2D eigenvalue weighted by atomic mass is 10.0. The van der Waals surface area contributed by atoms with Gasteiger partial charge in [-0.2, -0.15) is 8.78 Å². The van der Waals surface area contributed by atoms with Gasteiger partial charge in [0.15, 0.2) is 17.5 Å². The maximum absolute atomic E-state index is 12.8. The van der Waals surface area contributed by atoms with Gasteiger partial charge in [0, 0.05) is 43.3 Å². The summed E-state index contributed by atoms with van der Waals surface area (Å²) < 4.78 is 46.4. The first kappa shape index (κ1) is 25.7. The molecule has 31 heavy (non-hydrogen) atoms. The monoisotopic (exact) mass is 556 g/mol. The largest absolute Gasteiger partial charge is 0.454 e. The van der Waals surface area contributed by atoms with Crippen LogP contribution in [0.2, 0.25) is 0 Å². The van der Waals surface area contributed by atoms with Crippen LogP contribution < -0.4 is 24.8 Å². The van der Waals surface area contributed by atoms with E-state index in [9.17, 15) is 8.78 Å². The van der Waals surface area contributed by atoms with Crippen LogP contribution in [0.25, 0.3) is 0 Å². The number of halogens is 3. The van der Waals surface area contributed by atoms with Crippen molar-refractivity contribution < 1.29 is 27.7 Å². The molecular formula is C20H31F2IN4O4. The molecule has 0 spiro atoms. The molecule has 2 N–H and O–H groups in total. The minimum atomic E-state index is -2.94. The topological polar surface area (TPSA) is 76.6 Å². The SMILES string of the molecule is CCNC(=NCc1cc2c(cc1OC(F)F)OCO2)NCC(C)(C)N1CCOCC1.I. The number of fused-ring (bicyclic) bond motifs is 1. The zero-order valence-electron chi connectivity index (χ0n) is 18.1. The van der Waals surface area contributed by atoms with Crippen LogP contribution in [-0.2, 0) is 11.3 Å². The molecule has 0 saturated carbocycles. The zero-order chi connectivity index (χ0) is 21.6. The first-order chi connectivity index (χ1) is 14.4.